The van der Waals surface area contributed by atoms with Gasteiger partial charge in [-0.15, -0.1) is 0 Å². The number of hydrogen-bond acceptors (Lipinski definition) is 15. The first-order chi connectivity index (χ1) is 47.5. The van der Waals surface area contributed by atoms with Crippen LogP contribution in [0.3, 0.4) is 0 Å². The van der Waals surface area contributed by atoms with Gasteiger partial charge in [0.15, 0.2) is 12.2 Å². The average molecular weight is 1440 g/mol. The van der Waals surface area contributed by atoms with Gasteiger partial charge in [-0.05, 0) is 31.6 Å². The maximum atomic E-state index is 13.1. The maximum absolute atomic E-state index is 13.1. The lowest BCUT2D eigenvalue weighted by Crippen LogP contribution is -2.30. The molecule has 19 heteroatoms. The lowest BCUT2D eigenvalue weighted by atomic mass is 10.0. The Bertz CT molecular complexity index is 1870. The van der Waals surface area contributed by atoms with Gasteiger partial charge in [-0.3, -0.25) is 37.3 Å². The van der Waals surface area contributed by atoms with Crippen LogP contribution in [0.5, 0.6) is 0 Å². The molecular weight excluding hydrogens is 1280 g/mol. The molecule has 0 aliphatic carbocycles. The number of aliphatic hydroxyl groups excluding tert-OH is 1. The number of phosphoric ester groups is 2. The van der Waals surface area contributed by atoms with Gasteiger partial charge in [0.1, 0.15) is 19.3 Å². The van der Waals surface area contributed by atoms with Crippen LogP contribution in [-0.2, 0) is 65.4 Å². The summed E-state index contributed by atoms with van der Waals surface area (Å²) in [7, 11) is -9.91. The topological polar surface area (TPSA) is 237 Å². The quantitative estimate of drug-likeness (QED) is 0.0222. The van der Waals surface area contributed by atoms with E-state index >= 15 is 0 Å². The fraction of sp³-hybridized carbons (Fsp3) is 0.949. The zero-order valence-corrected chi connectivity index (χ0v) is 65.7. The van der Waals surface area contributed by atoms with Crippen LogP contribution in [0, 0.1) is 5.92 Å². The van der Waals surface area contributed by atoms with Crippen molar-refractivity contribution in [1.82, 2.24) is 0 Å². The van der Waals surface area contributed by atoms with E-state index in [1.54, 1.807) is 0 Å². The lowest BCUT2D eigenvalue weighted by Gasteiger charge is -2.21. The molecule has 0 saturated carbocycles. The first-order valence-corrected chi connectivity index (χ1v) is 44.1. The van der Waals surface area contributed by atoms with Crippen molar-refractivity contribution in [2.45, 2.75) is 438 Å². The number of phosphoric acid groups is 2. The number of esters is 4. The third kappa shape index (κ3) is 72.4. The van der Waals surface area contributed by atoms with E-state index in [4.69, 9.17) is 37.0 Å². The van der Waals surface area contributed by atoms with E-state index in [-0.39, 0.29) is 25.7 Å². The fourth-order valence-electron chi connectivity index (χ4n) is 12.2. The highest BCUT2D eigenvalue weighted by molar-refractivity contribution is 7.47. The van der Waals surface area contributed by atoms with E-state index in [0.717, 1.165) is 95.8 Å². The minimum atomic E-state index is -4.96. The average Bonchev–Trinajstić information content (AvgIpc) is 1.14. The van der Waals surface area contributed by atoms with Crippen LogP contribution in [0.4, 0.5) is 0 Å². The second-order valence-corrected chi connectivity index (χ2v) is 31.8. The van der Waals surface area contributed by atoms with E-state index in [9.17, 15) is 43.2 Å². The molecule has 0 amide bonds. The van der Waals surface area contributed by atoms with Gasteiger partial charge in [0, 0.05) is 25.7 Å². The highest BCUT2D eigenvalue weighted by Gasteiger charge is 2.30. The Kier molecular flexibility index (Phi) is 70.6. The van der Waals surface area contributed by atoms with E-state index < -0.39 is 97.5 Å². The molecule has 0 aliphatic heterocycles. The van der Waals surface area contributed by atoms with E-state index in [2.05, 4.69) is 34.6 Å². The van der Waals surface area contributed by atoms with Gasteiger partial charge in [-0.25, -0.2) is 9.13 Å². The molecule has 0 fully saturated rings. The first kappa shape index (κ1) is 96.1. The summed E-state index contributed by atoms with van der Waals surface area (Å²) >= 11 is 0. The summed E-state index contributed by atoms with van der Waals surface area (Å²) in [4.78, 5) is 72.9. The lowest BCUT2D eigenvalue weighted by molar-refractivity contribution is -0.161. The molecular formula is C79H154O17P2. The summed E-state index contributed by atoms with van der Waals surface area (Å²) < 4.78 is 68.6. The molecule has 98 heavy (non-hydrogen) atoms. The Hall–Kier alpha value is -1.94. The second kappa shape index (κ2) is 72.0. The Morgan fingerprint density at radius 2 is 0.469 bits per heavy atom. The van der Waals surface area contributed by atoms with Crippen LogP contribution in [0.2, 0.25) is 0 Å². The van der Waals surface area contributed by atoms with Crippen LogP contribution in [0.15, 0.2) is 0 Å². The molecule has 0 radical (unpaired) electrons. The highest BCUT2D eigenvalue weighted by Crippen LogP contribution is 2.45. The van der Waals surface area contributed by atoms with Gasteiger partial charge < -0.3 is 33.8 Å². The number of hydrogen-bond donors (Lipinski definition) is 3. The monoisotopic (exact) mass is 1440 g/mol. The van der Waals surface area contributed by atoms with Crippen LogP contribution >= 0.6 is 15.6 Å². The molecule has 0 bridgehead atoms. The summed E-state index contributed by atoms with van der Waals surface area (Å²) in [5.41, 5.74) is 0. The smallest absolute Gasteiger partial charge is 0.462 e. The van der Waals surface area contributed by atoms with Crippen molar-refractivity contribution in [3.8, 4) is 0 Å². The van der Waals surface area contributed by atoms with Crippen molar-refractivity contribution in [1.29, 1.82) is 0 Å². The molecule has 0 aromatic heterocycles. The minimum absolute atomic E-state index is 0.106. The zero-order valence-electron chi connectivity index (χ0n) is 63.9. The van der Waals surface area contributed by atoms with E-state index in [1.165, 1.54) is 244 Å². The van der Waals surface area contributed by atoms with E-state index in [1.807, 2.05) is 0 Å². The van der Waals surface area contributed by atoms with Crippen molar-refractivity contribution in [2.75, 3.05) is 39.6 Å². The van der Waals surface area contributed by atoms with Gasteiger partial charge in [-0.1, -0.05) is 369 Å². The highest BCUT2D eigenvalue weighted by atomic mass is 31.2. The number of ether oxygens (including phenoxy) is 4. The Labute approximate surface area is 600 Å². The van der Waals surface area contributed by atoms with Gasteiger partial charge >= 0.3 is 39.5 Å². The minimum Gasteiger partial charge on any atom is -0.462 e. The fourth-order valence-corrected chi connectivity index (χ4v) is 13.8. The second-order valence-electron chi connectivity index (χ2n) is 28.9. The molecule has 0 aromatic carbocycles. The van der Waals surface area contributed by atoms with Gasteiger partial charge in [0.05, 0.1) is 26.4 Å². The van der Waals surface area contributed by atoms with Crippen molar-refractivity contribution in [3.05, 3.63) is 0 Å². The third-order valence-electron chi connectivity index (χ3n) is 18.5. The number of carbonyl (C=O) groups excluding carboxylic acids is 4. The van der Waals surface area contributed by atoms with Crippen LogP contribution < -0.4 is 0 Å². The molecule has 3 N–H and O–H groups in total. The summed E-state index contributed by atoms with van der Waals surface area (Å²) in [6.45, 7) is 7.28. The molecule has 0 spiro atoms. The van der Waals surface area contributed by atoms with Crippen molar-refractivity contribution in [3.63, 3.8) is 0 Å². The Balaban J connectivity index is 5.22. The number of carbonyl (C=O) groups is 4. The Morgan fingerprint density at radius 3 is 0.694 bits per heavy atom. The van der Waals surface area contributed by atoms with Crippen LogP contribution in [-0.4, -0.2) is 96.7 Å². The van der Waals surface area contributed by atoms with Gasteiger partial charge in [0.2, 0.25) is 0 Å². The molecule has 2 unspecified atom stereocenters. The van der Waals surface area contributed by atoms with Gasteiger partial charge in [-0.2, -0.15) is 0 Å². The Morgan fingerprint density at radius 1 is 0.276 bits per heavy atom. The third-order valence-corrected chi connectivity index (χ3v) is 20.4. The number of aliphatic hydroxyl groups is 1. The molecule has 5 atom stereocenters. The molecule has 0 saturated heterocycles. The van der Waals surface area contributed by atoms with Crippen LogP contribution in [0.25, 0.3) is 0 Å². The summed E-state index contributed by atoms with van der Waals surface area (Å²) in [6, 6.07) is 0. The zero-order chi connectivity index (χ0) is 71.9. The molecule has 0 aromatic rings. The van der Waals surface area contributed by atoms with E-state index in [0.29, 0.717) is 25.7 Å². The molecule has 0 heterocycles. The standard InChI is InChI=1S/C79H154O17P2/c1-6-9-12-15-18-21-24-26-28-30-32-34-36-38-43-48-53-58-63-77(82)90-69-74(95-78(83)64-59-54-49-44-39-37-35-33-31-29-27-25-22-19-16-13-10-7-2)70-93-97(85,86)91-66-73(80)67-92-98(87,88)94-71-75(68-89-76(81)62-57-52-47-42-23-20-17-14-11-8-3)96-79(84)65-60-55-50-45-40-41-46-51-56-61-72(4)5/h72-75,80H,6-71H2,1-5H3,(H,85,86)(H,87,88)/t73-,74-,75-/m1/s1. The number of rotatable bonds is 79. The SMILES string of the molecule is CCCCCCCCCCCCCCCCCCCCC(=O)OC[C@H](COP(=O)(O)OC[C@@H](O)COP(=O)(O)OC[C@@H](COC(=O)CCCCCCCCCCCC)OC(=O)CCCCCCCCCCCC(C)C)OC(=O)CCCCCCCCCCCCCCCCCCCC. The van der Waals surface area contributed by atoms with Crippen LogP contribution in [0.1, 0.15) is 420 Å². The predicted molar refractivity (Wildman–Crippen MR) is 400 cm³/mol. The summed E-state index contributed by atoms with van der Waals surface area (Å²) in [6.07, 6.45) is 62.5. The first-order valence-electron chi connectivity index (χ1n) is 41.1. The summed E-state index contributed by atoms with van der Waals surface area (Å²) in [5, 5.41) is 10.6. The van der Waals surface area contributed by atoms with Gasteiger partial charge in [0.25, 0.3) is 0 Å². The summed E-state index contributed by atoms with van der Waals surface area (Å²) in [5.74, 6) is -1.37. The molecule has 582 valence electrons. The molecule has 17 nitrogen and oxygen atoms in total. The van der Waals surface area contributed by atoms with Crippen molar-refractivity contribution >= 4 is 39.5 Å². The van der Waals surface area contributed by atoms with Crippen molar-refractivity contribution in [2.24, 2.45) is 5.92 Å². The molecule has 0 rings (SSSR count). The normalized spacial score (nSPS) is 13.9. The molecule has 0 aliphatic rings. The predicted octanol–water partition coefficient (Wildman–Crippen LogP) is 23.6. The largest absolute Gasteiger partial charge is 0.472 e. The number of unbranched alkanes of at least 4 members (excludes halogenated alkanes) is 51. The maximum Gasteiger partial charge on any atom is 0.472 e. The van der Waals surface area contributed by atoms with Crippen molar-refractivity contribution < 1.29 is 80.2 Å².